The molecule has 0 heterocycles. The molecule has 0 saturated carbocycles. The molecule has 0 spiro atoms. The highest BCUT2D eigenvalue weighted by atomic mass is 16.5. The van der Waals surface area contributed by atoms with Gasteiger partial charge in [-0.3, -0.25) is 4.79 Å². The van der Waals surface area contributed by atoms with Crippen molar-refractivity contribution >= 4 is 40.1 Å². The standard InChI is InChI=1S/C27H31N3O6/c1-16-11-17(2)24(18(3)12-16)30-27(34)29-22-14-20-8-6-5-7-19(20)13-21(22)25(31)28-23(26(32)33)15-36-10-9-35-4/h5-8,11-14,23H,9-10,15H2,1-4H3,(H,28,31)(H,32,33)(H2,29,30,34)/t23-/m0/s1. The van der Waals surface area contributed by atoms with Crippen molar-refractivity contribution in [2.45, 2.75) is 26.8 Å². The maximum absolute atomic E-state index is 13.2. The summed E-state index contributed by atoms with van der Waals surface area (Å²) in [6.45, 7) is 6.06. The molecule has 3 rings (SSSR count). The third-order valence-corrected chi connectivity index (χ3v) is 5.61. The van der Waals surface area contributed by atoms with Crippen LogP contribution in [0.1, 0.15) is 27.0 Å². The van der Waals surface area contributed by atoms with E-state index in [0.29, 0.717) is 12.3 Å². The normalized spacial score (nSPS) is 11.7. The highest BCUT2D eigenvalue weighted by molar-refractivity contribution is 6.10. The number of nitrogens with one attached hydrogen (secondary N) is 3. The van der Waals surface area contributed by atoms with Gasteiger partial charge < -0.3 is 30.5 Å². The average Bonchev–Trinajstić information content (AvgIpc) is 2.82. The Labute approximate surface area is 209 Å². The Balaban J connectivity index is 1.86. The predicted octanol–water partition coefficient (Wildman–Crippen LogP) is 4.26. The van der Waals surface area contributed by atoms with Crippen LogP contribution < -0.4 is 16.0 Å². The molecule has 36 heavy (non-hydrogen) atoms. The average molecular weight is 494 g/mol. The van der Waals surface area contributed by atoms with E-state index in [1.54, 1.807) is 12.1 Å². The number of amides is 3. The van der Waals surface area contributed by atoms with Gasteiger partial charge in [0.1, 0.15) is 0 Å². The van der Waals surface area contributed by atoms with Gasteiger partial charge in [-0.05, 0) is 54.8 Å². The number of carboxylic acid groups (broad SMARTS) is 1. The van der Waals surface area contributed by atoms with Crippen LogP contribution in [-0.2, 0) is 14.3 Å². The van der Waals surface area contributed by atoms with Crippen molar-refractivity contribution in [3.63, 3.8) is 0 Å². The molecule has 0 aliphatic heterocycles. The first-order chi connectivity index (χ1) is 17.2. The van der Waals surface area contributed by atoms with E-state index < -0.39 is 23.9 Å². The number of hydrogen-bond donors (Lipinski definition) is 4. The molecule has 0 unspecified atom stereocenters. The van der Waals surface area contributed by atoms with Gasteiger partial charge in [-0.1, -0.05) is 42.0 Å². The zero-order valence-electron chi connectivity index (χ0n) is 20.8. The van der Waals surface area contributed by atoms with E-state index in [0.717, 1.165) is 27.5 Å². The molecule has 0 aliphatic rings. The van der Waals surface area contributed by atoms with Gasteiger partial charge in [0.2, 0.25) is 0 Å². The fourth-order valence-electron chi connectivity index (χ4n) is 3.93. The Hall–Kier alpha value is -3.95. The van der Waals surface area contributed by atoms with E-state index in [4.69, 9.17) is 9.47 Å². The fraction of sp³-hybridized carbons (Fsp3) is 0.296. The number of carboxylic acids is 1. The van der Waals surface area contributed by atoms with Gasteiger partial charge in [0.05, 0.1) is 31.1 Å². The van der Waals surface area contributed by atoms with Crippen LogP contribution in [0.5, 0.6) is 0 Å². The van der Waals surface area contributed by atoms with Crippen LogP contribution in [0, 0.1) is 20.8 Å². The van der Waals surface area contributed by atoms with E-state index in [-0.39, 0.29) is 24.5 Å². The smallest absolute Gasteiger partial charge is 0.328 e. The Morgan fingerprint density at radius 2 is 1.56 bits per heavy atom. The first kappa shape index (κ1) is 26.7. The molecule has 4 N–H and O–H groups in total. The SMILES string of the molecule is COCCOC[C@H](NC(=O)c1cc2ccccc2cc1NC(=O)Nc1c(C)cc(C)cc1C)C(=O)O. The summed E-state index contributed by atoms with van der Waals surface area (Å²) in [7, 11) is 1.51. The topological polar surface area (TPSA) is 126 Å². The summed E-state index contributed by atoms with van der Waals surface area (Å²) in [5.41, 5.74) is 3.97. The number of urea groups is 1. The number of methoxy groups -OCH3 is 1. The summed E-state index contributed by atoms with van der Waals surface area (Å²) in [6, 6.07) is 12.8. The Morgan fingerprint density at radius 3 is 2.17 bits per heavy atom. The second-order valence-electron chi connectivity index (χ2n) is 8.53. The lowest BCUT2D eigenvalue weighted by molar-refractivity contribution is -0.141. The number of rotatable bonds is 10. The first-order valence-electron chi connectivity index (χ1n) is 11.5. The second kappa shape index (κ2) is 12.1. The molecular formula is C27H31N3O6. The molecule has 190 valence electrons. The molecule has 9 nitrogen and oxygen atoms in total. The summed E-state index contributed by atoms with van der Waals surface area (Å²) in [6.07, 6.45) is 0. The number of anilines is 2. The molecule has 0 aromatic heterocycles. The maximum Gasteiger partial charge on any atom is 0.328 e. The van der Waals surface area contributed by atoms with Crippen molar-refractivity contribution in [2.75, 3.05) is 37.6 Å². The van der Waals surface area contributed by atoms with Gasteiger partial charge >= 0.3 is 12.0 Å². The molecule has 0 fully saturated rings. The Kier molecular flexibility index (Phi) is 8.99. The number of carbonyl (C=O) groups is 3. The van der Waals surface area contributed by atoms with E-state index >= 15 is 0 Å². The lowest BCUT2D eigenvalue weighted by Gasteiger charge is -2.18. The molecule has 9 heteroatoms. The second-order valence-corrected chi connectivity index (χ2v) is 8.53. The van der Waals surface area contributed by atoms with Crippen LogP contribution in [0.15, 0.2) is 48.5 Å². The zero-order chi connectivity index (χ0) is 26.2. The summed E-state index contributed by atoms with van der Waals surface area (Å²) >= 11 is 0. The van der Waals surface area contributed by atoms with Gasteiger partial charge in [-0.15, -0.1) is 0 Å². The van der Waals surface area contributed by atoms with Crippen molar-refractivity contribution in [1.82, 2.24) is 5.32 Å². The van der Waals surface area contributed by atoms with E-state index in [9.17, 15) is 19.5 Å². The Bertz CT molecular complexity index is 1250. The number of aryl methyl sites for hydroxylation is 3. The summed E-state index contributed by atoms with van der Waals surface area (Å²) in [4.78, 5) is 37.8. The van der Waals surface area contributed by atoms with Gasteiger partial charge in [0, 0.05) is 12.8 Å². The van der Waals surface area contributed by atoms with Crippen molar-refractivity contribution in [2.24, 2.45) is 0 Å². The molecule has 3 aromatic carbocycles. The molecule has 3 amide bonds. The molecule has 0 bridgehead atoms. The molecular weight excluding hydrogens is 462 g/mol. The molecule has 0 aliphatic carbocycles. The van der Waals surface area contributed by atoms with Crippen LogP contribution in [0.4, 0.5) is 16.2 Å². The summed E-state index contributed by atoms with van der Waals surface area (Å²) in [5.74, 6) is -1.89. The van der Waals surface area contributed by atoms with Gasteiger partial charge in [-0.2, -0.15) is 0 Å². The van der Waals surface area contributed by atoms with Gasteiger partial charge in [0.25, 0.3) is 5.91 Å². The van der Waals surface area contributed by atoms with Crippen molar-refractivity contribution in [3.05, 3.63) is 70.8 Å². The van der Waals surface area contributed by atoms with Crippen LogP contribution in [0.25, 0.3) is 10.8 Å². The van der Waals surface area contributed by atoms with Gasteiger partial charge in [-0.25, -0.2) is 9.59 Å². The van der Waals surface area contributed by atoms with Crippen LogP contribution in [0.2, 0.25) is 0 Å². The summed E-state index contributed by atoms with van der Waals surface area (Å²) < 4.78 is 10.2. The number of benzene rings is 3. The van der Waals surface area contributed by atoms with Crippen molar-refractivity contribution in [3.8, 4) is 0 Å². The third kappa shape index (κ3) is 6.80. The lowest BCUT2D eigenvalue weighted by Crippen LogP contribution is -2.44. The Morgan fingerprint density at radius 1 is 0.917 bits per heavy atom. The van der Waals surface area contributed by atoms with E-state index in [1.165, 1.54) is 7.11 Å². The van der Waals surface area contributed by atoms with Gasteiger partial charge in [0.15, 0.2) is 6.04 Å². The van der Waals surface area contributed by atoms with Crippen LogP contribution in [0.3, 0.4) is 0 Å². The van der Waals surface area contributed by atoms with Crippen LogP contribution >= 0.6 is 0 Å². The highest BCUT2D eigenvalue weighted by Gasteiger charge is 2.23. The minimum Gasteiger partial charge on any atom is -0.480 e. The first-order valence-corrected chi connectivity index (χ1v) is 11.5. The highest BCUT2D eigenvalue weighted by Crippen LogP contribution is 2.26. The minimum atomic E-state index is -1.28. The molecule has 0 radical (unpaired) electrons. The van der Waals surface area contributed by atoms with Crippen molar-refractivity contribution < 1.29 is 29.0 Å². The quantitative estimate of drug-likeness (QED) is 0.313. The number of hydrogen-bond acceptors (Lipinski definition) is 5. The predicted molar refractivity (Wildman–Crippen MR) is 139 cm³/mol. The van der Waals surface area contributed by atoms with E-state index in [1.807, 2.05) is 57.2 Å². The maximum atomic E-state index is 13.2. The molecule has 0 saturated heterocycles. The summed E-state index contributed by atoms with van der Waals surface area (Å²) in [5, 5.41) is 19.2. The number of ether oxygens (including phenoxy) is 2. The monoisotopic (exact) mass is 493 g/mol. The number of carbonyl (C=O) groups excluding carboxylic acids is 2. The third-order valence-electron chi connectivity index (χ3n) is 5.61. The fourth-order valence-corrected chi connectivity index (χ4v) is 3.93. The number of aliphatic carboxylic acids is 1. The zero-order valence-corrected chi connectivity index (χ0v) is 20.8. The molecule has 1 atom stereocenters. The number of fused-ring (bicyclic) bond motifs is 1. The van der Waals surface area contributed by atoms with E-state index in [2.05, 4.69) is 16.0 Å². The minimum absolute atomic E-state index is 0.129. The van der Waals surface area contributed by atoms with Crippen molar-refractivity contribution in [1.29, 1.82) is 0 Å². The largest absolute Gasteiger partial charge is 0.480 e. The lowest BCUT2D eigenvalue weighted by atomic mass is 10.0. The van der Waals surface area contributed by atoms with Crippen LogP contribution in [-0.4, -0.2) is 56.0 Å². The molecule has 3 aromatic rings.